The van der Waals surface area contributed by atoms with Crippen LogP contribution >= 0.6 is 0 Å². The quantitative estimate of drug-likeness (QED) is 0.840. The highest BCUT2D eigenvalue weighted by molar-refractivity contribution is 7.89. The fraction of sp³-hybridized carbons (Fsp3) is 0.500. The minimum Gasteiger partial charge on any atom is -0.423 e. The van der Waals surface area contributed by atoms with Gasteiger partial charge in [0.1, 0.15) is 6.10 Å². The largest absolute Gasteiger partial charge is 0.423 e. The van der Waals surface area contributed by atoms with E-state index in [2.05, 4.69) is 10.2 Å². The van der Waals surface area contributed by atoms with E-state index in [4.69, 9.17) is 9.15 Å². The third kappa shape index (κ3) is 2.64. The summed E-state index contributed by atoms with van der Waals surface area (Å²) in [5.41, 5.74) is 0.929. The molecule has 2 aliphatic rings. The van der Waals surface area contributed by atoms with Crippen LogP contribution in [0.2, 0.25) is 0 Å². The van der Waals surface area contributed by atoms with Crippen LogP contribution in [0.15, 0.2) is 33.6 Å². The average Bonchev–Trinajstić information content (AvgIpc) is 3.20. The van der Waals surface area contributed by atoms with Gasteiger partial charge in [-0.1, -0.05) is 12.1 Å². The summed E-state index contributed by atoms with van der Waals surface area (Å²) in [6, 6.07) is 7.00. The van der Waals surface area contributed by atoms with Crippen LogP contribution in [0, 0.1) is 19.8 Å². The molecular weight excluding hydrogens is 330 g/mol. The molecule has 0 aliphatic carbocycles. The summed E-state index contributed by atoms with van der Waals surface area (Å²) < 4.78 is 38.5. The number of hydrogen-bond donors (Lipinski definition) is 0. The van der Waals surface area contributed by atoms with Crippen LogP contribution in [0.5, 0.6) is 0 Å². The van der Waals surface area contributed by atoms with Crippen molar-refractivity contribution in [2.75, 3.05) is 13.1 Å². The molecule has 0 N–H and O–H groups in total. The average molecular weight is 349 g/mol. The molecule has 8 heteroatoms. The molecule has 2 aromatic rings. The van der Waals surface area contributed by atoms with E-state index in [9.17, 15) is 8.42 Å². The number of hydrogen-bond acceptors (Lipinski definition) is 6. The van der Waals surface area contributed by atoms with Crippen LogP contribution in [-0.4, -0.2) is 42.1 Å². The zero-order chi connectivity index (χ0) is 16.9. The number of rotatable bonds is 3. The molecule has 0 unspecified atom stereocenters. The van der Waals surface area contributed by atoms with Crippen molar-refractivity contribution < 1.29 is 17.6 Å². The zero-order valence-electron chi connectivity index (χ0n) is 13.5. The number of benzene rings is 1. The molecule has 3 atom stereocenters. The standard InChI is InChI=1S/C16H19N3O4S/c1-10-4-3-5-13(6-10)24(20,21)19-8-12-7-14(23-15(12)9-19)16-18-17-11(2)22-16/h3-6,12,14-15H,7-9H2,1-2H3/t12-,14-,15+/m0/s1. The molecular formula is C16H19N3O4S. The Hall–Kier alpha value is -1.77. The molecule has 0 saturated carbocycles. The van der Waals surface area contributed by atoms with Crippen LogP contribution in [0.1, 0.15) is 29.9 Å². The van der Waals surface area contributed by atoms with Crippen molar-refractivity contribution in [3.05, 3.63) is 41.6 Å². The van der Waals surface area contributed by atoms with Crippen LogP contribution in [0.3, 0.4) is 0 Å². The van der Waals surface area contributed by atoms with Gasteiger partial charge in [0.25, 0.3) is 0 Å². The maximum atomic E-state index is 12.8. The fourth-order valence-corrected chi connectivity index (χ4v) is 5.06. The van der Waals surface area contributed by atoms with Gasteiger partial charge in [0.05, 0.1) is 11.0 Å². The summed E-state index contributed by atoms with van der Waals surface area (Å²) in [4.78, 5) is 0.339. The second kappa shape index (κ2) is 5.65. The van der Waals surface area contributed by atoms with Crippen molar-refractivity contribution in [1.29, 1.82) is 0 Å². The highest BCUT2D eigenvalue weighted by Gasteiger charge is 2.47. The number of fused-ring (bicyclic) bond motifs is 1. The van der Waals surface area contributed by atoms with Gasteiger partial charge in [-0.25, -0.2) is 8.42 Å². The maximum absolute atomic E-state index is 12.8. The Morgan fingerprint density at radius 1 is 1.21 bits per heavy atom. The van der Waals surface area contributed by atoms with Crippen molar-refractivity contribution >= 4 is 10.0 Å². The summed E-state index contributed by atoms with van der Waals surface area (Å²) >= 11 is 0. The lowest BCUT2D eigenvalue weighted by atomic mass is 10.0. The van der Waals surface area contributed by atoms with Gasteiger partial charge in [-0.2, -0.15) is 4.31 Å². The molecule has 0 amide bonds. The van der Waals surface area contributed by atoms with E-state index in [-0.39, 0.29) is 18.1 Å². The molecule has 0 radical (unpaired) electrons. The molecule has 128 valence electrons. The van der Waals surface area contributed by atoms with Gasteiger partial charge in [-0.3, -0.25) is 0 Å². The molecule has 3 heterocycles. The molecule has 1 aromatic carbocycles. The minimum atomic E-state index is -3.48. The molecule has 7 nitrogen and oxygen atoms in total. The first-order valence-electron chi connectivity index (χ1n) is 7.96. The molecule has 1 aromatic heterocycles. The molecule has 24 heavy (non-hydrogen) atoms. The van der Waals surface area contributed by atoms with Crippen LogP contribution in [0.25, 0.3) is 0 Å². The number of sulfonamides is 1. The predicted molar refractivity (Wildman–Crippen MR) is 84.7 cm³/mol. The van der Waals surface area contributed by atoms with Crippen LogP contribution < -0.4 is 0 Å². The van der Waals surface area contributed by atoms with Gasteiger partial charge in [-0.05, 0) is 31.0 Å². The highest BCUT2D eigenvalue weighted by Crippen LogP contribution is 2.41. The van der Waals surface area contributed by atoms with Gasteiger partial charge in [-0.15, -0.1) is 10.2 Å². The molecule has 2 aliphatic heterocycles. The SMILES string of the molecule is Cc1cccc(S(=O)(=O)N2C[C@@H]3C[C@@H](c4nnc(C)o4)O[C@@H]3C2)c1. The van der Waals surface area contributed by atoms with Crippen molar-refractivity contribution in [2.24, 2.45) is 5.92 Å². The molecule has 2 fully saturated rings. The molecule has 4 rings (SSSR count). The number of ether oxygens (including phenoxy) is 1. The van der Waals surface area contributed by atoms with Crippen molar-refractivity contribution in [3.63, 3.8) is 0 Å². The topological polar surface area (TPSA) is 85.5 Å². The number of aromatic nitrogens is 2. The predicted octanol–water partition coefficient (Wildman–Crippen LogP) is 1.84. The first-order chi connectivity index (χ1) is 11.4. The Bertz CT molecular complexity index is 850. The Morgan fingerprint density at radius 2 is 2.04 bits per heavy atom. The zero-order valence-corrected chi connectivity index (χ0v) is 14.4. The summed E-state index contributed by atoms with van der Waals surface area (Å²) in [6.07, 6.45) is 0.346. The normalized spacial score (nSPS) is 27.5. The Kier molecular flexibility index (Phi) is 3.70. The summed E-state index contributed by atoms with van der Waals surface area (Å²) in [5, 5.41) is 7.83. The Labute approximate surface area is 140 Å². The van der Waals surface area contributed by atoms with Gasteiger partial charge in [0.2, 0.25) is 21.8 Å². The van der Waals surface area contributed by atoms with Gasteiger partial charge in [0, 0.05) is 25.9 Å². The first-order valence-corrected chi connectivity index (χ1v) is 9.40. The van der Waals surface area contributed by atoms with E-state index in [1.807, 2.05) is 13.0 Å². The van der Waals surface area contributed by atoms with Gasteiger partial charge < -0.3 is 9.15 Å². The summed E-state index contributed by atoms with van der Waals surface area (Å²) in [7, 11) is -3.48. The Balaban J connectivity index is 1.49. The van der Waals surface area contributed by atoms with E-state index in [1.54, 1.807) is 25.1 Å². The van der Waals surface area contributed by atoms with Crippen molar-refractivity contribution in [1.82, 2.24) is 14.5 Å². The van der Waals surface area contributed by atoms with Crippen molar-refractivity contribution in [3.8, 4) is 0 Å². The second-order valence-corrected chi connectivity index (χ2v) is 8.39. The smallest absolute Gasteiger partial charge is 0.245 e. The van der Waals surface area contributed by atoms with E-state index < -0.39 is 10.0 Å². The first kappa shape index (κ1) is 15.7. The number of nitrogens with zero attached hydrogens (tertiary/aromatic N) is 3. The fourth-order valence-electron chi connectivity index (χ4n) is 3.45. The van der Waals surface area contributed by atoms with Gasteiger partial charge >= 0.3 is 0 Å². The van der Waals surface area contributed by atoms with E-state index in [0.29, 0.717) is 36.2 Å². The highest BCUT2D eigenvalue weighted by atomic mass is 32.2. The molecule has 0 spiro atoms. The lowest BCUT2D eigenvalue weighted by Crippen LogP contribution is -2.31. The van der Waals surface area contributed by atoms with Crippen molar-refractivity contribution in [2.45, 2.75) is 37.4 Å². The lowest BCUT2D eigenvalue weighted by Gasteiger charge is -2.18. The number of aryl methyl sites for hydroxylation is 2. The minimum absolute atomic E-state index is 0.123. The van der Waals surface area contributed by atoms with Crippen LogP contribution in [-0.2, 0) is 14.8 Å². The molecule has 2 saturated heterocycles. The third-order valence-electron chi connectivity index (χ3n) is 4.65. The van der Waals surface area contributed by atoms with E-state index in [1.165, 1.54) is 4.31 Å². The van der Waals surface area contributed by atoms with E-state index >= 15 is 0 Å². The maximum Gasteiger partial charge on any atom is 0.245 e. The monoisotopic (exact) mass is 349 g/mol. The van der Waals surface area contributed by atoms with Crippen LogP contribution in [0.4, 0.5) is 0 Å². The van der Waals surface area contributed by atoms with E-state index in [0.717, 1.165) is 5.56 Å². The second-order valence-electron chi connectivity index (χ2n) is 6.46. The molecule has 0 bridgehead atoms. The Morgan fingerprint density at radius 3 is 2.71 bits per heavy atom. The summed E-state index contributed by atoms with van der Waals surface area (Å²) in [6.45, 7) is 4.45. The lowest BCUT2D eigenvalue weighted by molar-refractivity contribution is 0.0278. The summed E-state index contributed by atoms with van der Waals surface area (Å²) in [5.74, 6) is 1.14. The third-order valence-corrected chi connectivity index (χ3v) is 6.48. The van der Waals surface area contributed by atoms with Gasteiger partial charge in [0.15, 0.2) is 0 Å².